The Bertz CT molecular complexity index is 931. The van der Waals surface area contributed by atoms with E-state index < -0.39 is 0 Å². The van der Waals surface area contributed by atoms with Crippen LogP contribution >= 0.6 is 0 Å². The van der Waals surface area contributed by atoms with Gasteiger partial charge in [-0.05, 0) is 104 Å². The van der Waals surface area contributed by atoms with Crippen molar-refractivity contribution in [2.24, 2.45) is 10.9 Å². The van der Waals surface area contributed by atoms with E-state index in [0.717, 1.165) is 61.1 Å². The first kappa shape index (κ1) is 29.1. The number of benzene rings is 1. The molecule has 0 unspecified atom stereocenters. The van der Waals surface area contributed by atoms with Crippen LogP contribution < -0.4 is 25.4 Å². The van der Waals surface area contributed by atoms with Gasteiger partial charge in [0.2, 0.25) is 0 Å². The maximum absolute atomic E-state index is 6.06. The molecule has 206 valence electrons. The minimum atomic E-state index is 0.151. The van der Waals surface area contributed by atoms with E-state index in [9.17, 15) is 0 Å². The quantitative estimate of drug-likeness (QED) is 0.148. The summed E-state index contributed by atoms with van der Waals surface area (Å²) in [6, 6.07) is 5.87. The van der Waals surface area contributed by atoms with Gasteiger partial charge in [-0.1, -0.05) is 6.58 Å². The number of rotatable bonds is 12. The Morgan fingerprint density at radius 1 is 1.16 bits per heavy atom. The SMILES string of the molecule is C=C(/C=C\N=C(/C)Nc1ccc(OC)c(OCCCN2CCCC2)c1)NCC1CC(C)(C)NC(C)(C)C1. The fraction of sp³-hybridized carbons (Fsp3) is 0.633. The lowest BCUT2D eigenvalue weighted by atomic mass is 9.76. The first-order valence-electron chi connectivity index (χ1n) is 13.8. The van der Waals surface area contributed by atoms with Crippen molar-refractivity contribution < 1.29 is 9.47 Å². The van der Waals surface area contributed by atoms with Crippen LogP contribution in [0.25, 0.3) is 0 Å². The van der Waals surface area contributed by atoms with Gasteiger partial charge in [-0.2, -0.15) is 0 Å². The summed E-state index contributed by atoms with van der Waals surface area (Å²) >= 11 is 0. The molecule has 2 aliphatic heterocycles. The van der Waals surface area contributed by atoms with Crippen LogP contribution in [0.2, 0.25) is 0 Å². The van der Waals surface area contributed by atoms with E-state index in [0.29, 0.717) is 12.5 Å². The summed E-state index contributed by atoms with van der Waals surface area (Å²) in [5.74, 6) is 2.88. The largest absolute Gasteiger partial charge is 0.493 e. The number of aliphatic imine (C=N–C) groups is 1. The van der Waals surface area contributed by atoms with Crippen molar-refractivity contribution >= 4 is 11.5 Å². The van der Waals surface area contributed by atoms with E-state index >= 15 is 0 Å². The van der Waals surface area contributed by atoms with Crippen LogP contribution in [0, 0.1) is 5.92 Å². The molecule has 3 rings (SSSR count). The average Bonchev–Trinajstić information content (AvgIpc) is 3.32. The van der Waals surface area contributed by atoms with Crippen molar-refractivity contribution in [2.75, 3.05) is 45.2 Å². The Morgan fingerprint density at radius 3 is 2.54 bits per heavy atom. The number of amidine groups is 1. The summed E-state index contributed by atoms with van der Waals surface area (Å²) in [5.41, 5.74) is 2.09. The zero-order chi connectivity index (χ0) is 26.9. The third-order valence-electron chi connectivity index (χ3n) is 7.00. The molecular weight excluding hydrogens is 462 g/mol. The maximum atomic E-state index is 6.06. The predicted octanol–water partition coefficient (Wildman–Crippen LogP) is 5.56. The van der Waals surface area contributed by atoms with E-state index in [1.807, 2.05) is 31.2 Å². The fourth-order valence-electron chi connectivity index (χ4n) is 5.84. The van der Waals surface area contributed by atoms with Gasteiger partial charge in [-0.15, -0.1) is 0 Å². The third-order valence-corrected chi connectivity index (χ3v) is 7.00. The van der Waals surface area contributed by atoms with Gasteiger partial charge in [0.05, 0.1) is 13.7 Å². The first-order chi connectivity index (χ1) is 17.5. The number of nitrogens with zero attached hydrogens (tertiary/aromatic N) is 2. The summed E-state index contributed by atoms with van der Waals surface area (Å²) in [5, 5.41) is 10.6. The lowest BCUT2D eigenvalue weighted by Gasteiger charge is -2.46. The average molecular weight is 512 g/mol. The normalized spacial score (nSPS) is 20.2. The van der Waals surface area contributed by atoms with Gasteiger partial charge in [0.25, 0.3) is 0 Å². The highest BCUT2D eigenvalue weighted by Crippen LogP contribution is 2.33. The lowest BCUT2D eigenvalue weighted by molar-refractivity contribution is 0.129. The van der Waals surface area contributed by atoms with Crippen molar-refractivity contribution in [3.05, 3.63) is 42.8 Å². The van der Waals surface area contributed by atoms with Gasteiger partial charge < -0.3 is 30.3 Å². The number of allylic oxidation sites excluding steroid dienone is 1. The Labute approximate surface area is 224 Å². The molecule has 2 aliphatic rings. The number of piperidine rings is 1. The third kappa shape index (κ3) is 10.0. The van der Waals surface area contributed by atoms with Gasteiger partial charge in [-0.25, -0.2) is 4.99 Å². The topological polar surface area (TPSA) is 70.2 Å². The minimum Gasteiger partial charge on any atom is -0.493 e. The maximum Gasteiger partial charge on any atom is 0.163 e. The second-order valence-electron chi connectivity index (χ2n) is 11.8. The van der Waals surface area contributed by atoms with E-state index in [4.69, 9.17) is 9.47 Å². The van der Waals surface area contributed by atoms with Gasteiger partial charge in [0, 0.05) is 47.8 Å². The summed E-state index contributed by atoms with van der Waals surface area (Å²) < 4.78 is 11.5. The van der Waals surface area contributed by atoms with Crippen molar-refractivity contribution in [3.63, 3.8) is 0 Å². The van der Waals surface area contributed by atoms with Crippen molar-refractivity contribution in [1.82, 2.24) is 15.5 Å². The molecule has 0 aliphatic carbocycles. The number of likely N-dealkylation sites (tertiary alicyclic amines) is 1. The molecule has 7 heteroatoms. The smallest absolute Gasteiger partial charge is 0.163 e. The molecule has 1 aromatic rings. The molecule has 2 heterocycles. The molecule has 0 radical (unpaired) electrons. The fourth-order valence-corrected chi connectivity index (χ4v) is 5.84. The van der Waals surface area contributed by atoms with Crippen LogP contribution in [0.1, 0.15) is 66.7 Å². The monoisotopic (exact) mass is 511 g/mol. The predicted molar refractivity (Wildman–Crippen MR) is 156 cm³/mol. The zero-order valence-electron chi connectivity index (χ0n) is 24.0. The minimum absolute atomic E-state index is 0.151. The Morgan fingerprint density at radius 2 is 1.86 bits per heavy atom. The Hall–Kier alpha value is -2.51. The molecule has 0 amide bonds. The molecule has 2 fully saturated rings. The first-order valence-corrected chi connectivity index (χ1v) is 13.8. The Kier molecular flexibility index (Phi) is 10.5. The van der Waals surface area contributed by atoms with Crippen LogP contribution in [0.3, 0.4) is 0 Å². The highest BCUT2D eigenvalue weighted by atomic mass is 16.5. The number of methoxy groups -OCH3 is 1. The van der Waals surface area contributed by atoms with Gasteiger partial charge in [0.1, 0.15) is 5.84 Å². The number of ether oxygens (including phenoxy) is 2. The highest BCUT2D eigenvalue weighted by Gasteiger charge is 2.37. The molecule has 0 saturated carbocycles. The van der Waals surface area contributed by atoms with E-state index in [2.05, 4.69) is 60.1 Å². The Balaban J connectivity index is 1.45. The van der Waals surface area contributed by atoms with Crippen LogP contribution in [0.4, 0.5) is 5.69 Å². The molecule has 0 atom stereocenters. The number of hydrogen-bond donors (Lipinski definition) is 3. The van der Waals surface area contributed by atoms with E-state index in [1.54, 1.807) is 13.3 Å². The van der Waals surface area contributed by atoms with Crippen LogP contribution in [0.5, 0.6) is 11.5 Å². The number of anilines is 1. The molecule has 2 saturated heterocycles. The second kappa shape index (κ2) is 13.3. The van der Waals surface area contributed by atoms with Gasteiger partial charge in [-0.3, -0.25) is 0 Å². The number of nitrogens with one attached hydrogen (secondary N) is 3. The molecule has 1 aromatic carbocycles. The van der Waals surface area contributed by atoms with Crippen molar-refractivity contribution in [2.45, 2.75) is 77.8 Å². The van der Waals surface area contributed by atoms with Crippen LogP contribution in [-0.2, 0) is 0 Å². The van der Waals surface area contributed by atoms with Crippen molar-refractivity contribution in [1.29, 1.82) is 0 Å². The molecule has 0 bridgehead atoms. The van der Waals surface area contributed by atoms with Crippen LogP contribution in [-0.4, -0.2) is 61.7 Å². The highest BCUT2D eigenvalue weighted by molar-refractivity contribution is 5.94. The lowest BCUT2D eigenvalue weighted by Crippen LogP contribution is -2.58. The molecule has 0 aromatic heterocycles. The molecule has 0 spiro atoms. The van der Waals surface area contributed by atoms with Crippen molar-refractivity contribution in [3.8, 4) is 11.5 Å². The van der Waals surface area contributed by atoms with E-state index in [1.165, 1.54) is 25.9 Å². The standard InChI is InChI=1S/C30H49N5O2/c1-23(32-22-25-20-29(3,4)34-30(5,6)21-25)13-14-31-24(2)33-26-11-12-27(36-7)28(19-26)37-18-10-17-35-15-8-9-16-35/h11-14,19,25,32,34H,1,8-10,15-18,20-22H2,2-7H3,(H,31,33)/b14-13-. The molecular formula is C30H49N5O2. The summed E-state index contributed by atoms with van der Waals surface area (Å²) in [4.78, 5) is 7.03. The summed E-state index contributed by atoms with van der Waals surface area (Å²) in [6.45, 7) is 20.4. The molecule has 7 nitrogen and oxygen atoms in total. The van der Waals surface area contributed by atoms with Gasteiger partial charge in [0.15, 0.2) is 11.5 Å². The van der Waals surface area contributed by atoms with E-state index in [-0.39, 0.29) is 11.1 Å². The summed E-state index contributed by atoms with van der Waals surface area (Å²) in [7, 11) is 1.67. The summed E-state index contributed by atoms with van der Waals surface area (Å²) in [6.07, 6.45) is 9.65. The second-order valence-corrected chi connectivity index (χ2v) is 11.8. The zero-order valence-corrected chi connectivity index (χ0v) is 24.0. The number of hydrogen-bond acceptors (Lipinski definition) is 6. The molecule has 37 heavy (non-hydrogen) atoms. The van der Waals surface area contributed by atoms with Gasteiger partial charge >= 0.3 is 0 Å². The molecule has 3 N–H and O–H groups in total. The van der Waals surface area contributed by atoms with Crippen LogP contribution in [0.15, 0.2) is 47.7 Å².